The van der Waals surface area contributed by atoms with Crippen molar-refractivity contribution >= 4 is 24.8 Å². The minimum absolute atomic E-state index is 0. The van der Waals surface area contributed by atoms with Gasteiger partial charge in [-0.2, -0.15) is 5.26 Å². The van der Waals surface area contributed by atoms with Crippen molar-refractivity contribution in [3.8, 4) is 6.07 Å². The molecule has 2 rings (SSSR count). The molecule has 1 aromatic rings. The summed E-state index contributed by atoms with van der Waals surface area (Å²) in [6, 6.07) is 12.6. The van der Waals surface area contributed by atoms with E-state index in [1.165, 1.54) is 5.56 Å². The summed E-state index contributed by atoms with van der Waals surface area (Å²) in [6.07, 6.45) is 1.85. The van der Waals surface area contributed by atoms with E-state index in [9.17, 15) is 5.26 Å². The summed E-state index contributed by atoms with van der Waals surface area (Å²) < 4.78 is 0. The average Bonchev–Trinajstić information content (AvgIpc) is 2.31. The Morgan fingerprint density at radius 1 is 1.06 bits per heavy atom. The van der Waals surface area contributed by atoms with E-state index >= 15 is 0 Å². The van der Waals surface area contributed by atoms with Crippen LogP contribution < -0.4 is 5.32 Å². The number of hydrogen-bond donors (Lipinski definition) is 1. The first kappa shape index (κ1) is 15.2. The van der Waals surface area contributed by atoms with Gasteiger partial charge >= 0.3 is 0 Å². The van der Waals surface area contributed by atoms with Crippen LogP contribution in [0.5, 0.6) is 0 Å². The fourth-order valence-electron chi connectivity index (χ4n) is 2.08. The first-order chi connectivity index (χ1) is 6.87. The molecule has 0 atom stereocenters. The largest absolute Gasteiger partial charge is 0.317 e. The van der Waals surface area contributed by atoms with E-state index in [0.717, 1.165) is 25.9 Å². The second-order valence-corrected chi connectivity index (χ2v) is 3.81. The van der Waals surface area contributed by atoms with Crippen LogP contribution in [-0.4, -0.2) is 13.1 Å². The fraction of sp³-hybridized carbons (Fsp3) is 0.417. The molecule has 0 saturated carbocycles. The Morgan fingerprint density at radius 2 is 1.62 bits per heavy atom. The Balaban J connectivity index is 0.00000112. The van der Waals surface area contributed by atoms with Crippen LogP contribution in [0.2, 0.25) is 0 Å². The van der Waals surface area contributed by atoms with Gasteiger partial charge < -0.3 is 5.32 Å². The van der Waals surface area contributed by atoms with Gasteiger partial charge in [-0.25, -0.2) is 0 Å². The maximum Gasteiger partial charge on any atom is 0.0846 e. The number of halogens is 2. The van der Waals surface area contributed by atoms with Gasteiger partial charge in [0.15, 0.2) is 0 Å². The van der Waals surface area contributed by atoms with Gasteiger partial charge in [-0.15, -0.1) is 24.8 Å². The standard InChI is InChI=1S/C12H14N2.2ClH/c13-10-12(6-8-14-9-7-12)11-4-2-1-3-5-11;;/h1-5,14H,6-9H2;2*1H. The minimum Gasteiger partial charge on any atom is -0.317 e. The van der Waals surface area contributed by atoms with Gasteiger partial charge in [0.25, 0.3) is 0 Å². The first-order valence-electron chi connectivity index (χ1n) is 5.05. The van der Waals surface area contributed by atoms with Crippen LogP contribution in [0, 0.1) is 11.3 Å². The lowest BCUT2D eigenvalue weighted by Crippen LogP contribution is -2.38. The van der Waals surface area contributed by atoms with Crippen LogP contribution in [-0.2, 0) is 5.41 Å². The van der Waals surface area contributed by atoms with E-state index in [1.807, 2.05) is 18.2 Å². The van der Waals surface area contributed by atoms with Crippen LogP contribution in [0.4, 0.5) is 0 Å². The Hall–Kier alpha value is -0.750. The van der Waals surface area contributed by atoms with E-state index in [0.29, 0.717) is 0 Å². The summed E-state index contributed by atoms with van der Waals surface area (Å²) in [4.78, 5) is 0. The number of nitrogens with one attached hydrogen (secondary N) is 1. The van der Waals surface area contributed by atoms with Crippen molar-refractivity contribution < 1.29 is 0 Å². The zero-order chi connectivity index (χ0) is 9.86. The molecule has 2 nitrogen and oxygen atoms in total. The number of piperidine rings is 1. The summed E-state index contributed by atoms with van der Waals surface area (Å²) in [5.74, 6) is 0. The summed E-state index contributed by atoms with van der Waals surface area (Å²) in [7, 11) is 0. The van der Waals surface area contributed by atoms with Crippen LogP contribution in [0.1, 0.15) is 18.4 Å². The molecule has 0 unspecified atom stereocenters. The van der Waals surface area contributed by atoms with Gasteiger partial charge in [-0.3, -0.25) is 0 Å². The zero-order valence-electron chi connectivity index (χ0n) is 8.98. The predicted molar refractivity (Wildman–Crippen MR) is 70.3 cm³/mol. The van der Waals surface area contributed by atoms with Crippen LogP contribution >= 0.6 is 24.8 Å². The Bertz CT molecular complexity index is 340. The van der Waals surface area contributed by atoms with Crippen molar-refractivity contribution in [2.24, 2.45) is 0 Å². The molecule has 1 aliphatic rings. The van der Waals surface area contributed by atoms with Crippen molar-refractivity contribution in [3.05, 3.63) is 35.9 Å². The van der Waals surface area contributed by atoms with Gasteiger partial charge in [-0.05, 0) is 31.5 Å². The summed E-state index contributed by atoms with van der Waals surface area (Å²) in [5.41, 5.74) is 0.927. The van der Waals surface area contributed by atoms with Crippen molar-refractivity contribution in [3.63, 3.8) is 0 Å². The molecule has 88 valence electrons. The average molecular weight is 259 g/mol. The van der Waals surface area contributed by atoms with Gasteiger partial charge in [-0.1, -0.05) is 30.3 Å². The maximum absolute atomic E-state index is 9.32. The summed E-state index contributed by atoms with van der Waals surface area (Å²) in [5, 5.41) is 12.6. The molecule has 0 spiro atoms. The monoisotopic (exact) mass is 258 g/mol. The highest BCUT2D eigenvalue weighted by molar-refractivity contribution is 5.85. The van der Waals surface area contributed by atoms with Crippen molar-refractivity contribution in [1.29, 1.82) is 5.26 Å². The number of benzene rings is 1. The molecule has 1 N–H and O–H groups in total. The molecular weight excluding hydrogens is 243 g/mol. The predicted octanol–water partition coefficient (Wildman–Crippen LogP) is 2.67. The first-order valence-corrected chi connectivity index (χ1v) is 5.05. The smallest absolute Gasteiger partial charge is 0.0846 e. The number of rotatable bonds is 1. The van der Waals surface area contributed by atoms with E-state index in [2.05, 4.69) is 23.5 Å². The molecule has 1 heterocycles. The molecule has 0 aliphatic carbocycles. The lowest BCUT2D eigenvalue weighted by molar-refractivity contribution is 0.382. The molecule has 0 bridgehead atoms. The molecule has 16 heavy (non-hydrogen) atoms. The third-order valence-corrected chi connectivity index (χ3v) is 3.00. The number of nitriles is 1. The van der Waals surface area contributed by atoms with Gasteiger partial charge in [0.1, 0.15) is 0 Å². The molecule has 1 saturated heterocycles. The topological polar surface area (TPSA) is 35.8 Å². The molecule has 0 amide bonds. The summed E-state index contributed by atoms with van der Waals surface area (Å²) in [6.45, 7) is 1.89. The molecule has 0 aromatic heterocycles. The fourth-order valence-corrected chi connectivity index (χ4v) is 2.08. The van der Waals surface area contributed by atoms with E-state index in [4.69, 9.17) is 0 Å². The quantitative estimate of drug-likeness (QED) is 0.841. The third-order valence-electron chi connectivity index (χ3n) is 3.00. The molecular formula is C12H16Cl2N2. The number of hydrogen-bond acceptors (Lipinski definition) is 2. The van der Waals surface area contributed by atoms with Gasteiger partial charge in [0.2, 0.25) is 0 Å². The van der Waals surface area contributed by atoms with Crippen molar-refractivity contribution in [2.75, 3.05) is 13.1 Å². The minimum atomic E-state index is -0.244. The SMILES string of the molecule is Cl.Cl.N#CC1(c2ccccc2)CCNCC1. The lowest BCUT2D eigenvalue weighted by atomic mass is 9.74. The zero-order valence-corrected chi connectivity index (χ0v) is 10.6. The lowest BCUT2D eigenvalue weighted by Gasteiger charge is -2.31. The number of nitrogens with zero attached hydrogens (tertiary/aromatic N) is 1. The second-order valence-electron chi connectivity index (χ2n) is 3.81. The Labute approximate surface area is 109 Å². The van der Waals surface area contributed by atoms with Crippen molar-refractivity contribution in [2.45, 2.75) is 18.3 Å². The van der Waals surface area contributed by atoms with E-state index in [1.54, 1.807) is 0 Å². The molecule has 0 radical (unpaired) electrons. The summed E-state index contributed by atoms with van der Waals surface area (Å²) >= 11 is 0. The highest BCUT2D eigenvalue weighted by Gasteiger charge is 2.33. The highest BCUT2D eigenvalue weighted by Crippen LogP contribution is 2.32. The normalized spacial score (nSPS) is 17.4. The highest BCUT2D eigenvalue weighted by atomic mass is 35.5. The van der Waals surface area contributed by atoms with Crippen LogP contribution in [0.25, 0.3) is 0 Å². The molecule has 4 heteroatoms. The van der Waals surface area contributed by atoms with Crippen molar-refractivity contribution in [1.82, 2.24) is 5.32 Å². The van der Waals surface area contributed by atoms with E-state index < -0.39 is 0 Å². The van der Waals surface area contributed by atoms with Crippen LogP contribution in [0.15, 0.2) is 30.3 Å². The van der Waals surface area contributed by atoms with E-state index in [-0.39, 0.29) is 30.2 Å². The third kappa shape index (κ3) is 2.89. The second kappa shape index (κ2) is 6.75. The maximum atomic E-state index is 9.32. The van der Waals surface area contributed by atoms with Gasteiger partial charge in [0.05, 0.1) is 11.5 Å². The molecule has 1 fully saturated rings. The Morgan fingerprint density at radius 3 is 2.12 bits per heavy atom. The Kier molecular flexibility index (Phi) is 6.43. The molecule has 1 aromatic carbocycles. The van der Waals surface area contributed by atoms with Crippen LogP contribution in [0.3, 0.4) is 0 Å². The molecule has 1 aliphatic heterocycles. The van der Waals surface area contributed by atoms with Gasteiger partial charge in [0, 0.05) is 0 Å².